The van der Waals surface area contributed by atoms with Gasteiger partial charge in [0.1, 0.15) is 11.4 Å². The Morgan fingerprint density at radius 2 is 1.86 bits per heavy atom. The molecule has 0 aliphatic heterocycles. The molecule has 1 aliphatic carbocycles. The molecule has 0 saturated heterocycles. The Hall–Kier alpha value is -4.26. The van der Waals surface area contributed by atoms with Gasteiger partial charge in [0, 0.05) is 34.9 Å². The van der Waals surface area contributed by atoms with E-state index in [-0.39, 0.29) is 36.0 Å². The number of benzene rings is 2. The third kappa shape index (κ3) is 4.77. The van der Waals surface area contributed by atoms with E-state index < -0.39 is 5.97 Å². The third-order valence-electron chi connectivity index (χ3n) is 6.78. The molecule has 7 heteroatoms. The lowest BCUT2D eigenvalue weighted by Crippen LogP contribution is -2.21. The summed E-state index contributed by atoms with van der Waals surface area (Å²) in [6.07, 6.45) is 5.46. The number of esters is 1. The number of hydrogen-bond donors (Lipinski definition) is 1. The summed E-state index contributed by atoms with van der Waals surface area (Å²) in [7, 11) is 0. The second-order valence-corrected chi connectivity index (χ2v) is 9.40. The lowest BCUT2D eigenvalue weighted by molar-refractivity contribution is 0.0524. The molecule has 1 N–H and O–H groups in total. The van der Waals surface area contributed by atoms with Gasteiger partial charge in [-0.1, -0.05) is 36.4 Å². The van der Waals surface area contributed by atoms with Crippen LogP contribution in [0.15, 0.2) is 65.7 Å². The van der Waals surface area contributed by atoms with Gasteiger partial charge in [-0.25, -0.2) is 9.78 Å². The highest BCUT2D eigenvalue weighted by atomic mass is 16.5. The van der Waals surface area contributed by atoms with Crippen molar-refractivity contribution >= 4 is 28.5 Å². The molecule has 0 spiro atoms. The van der Waals surface area contributed by atoms with E-state index in [1.54, 1.807) is 37.5 Å². The zero-order chi connectivity index (χ0) is 26.1. The molecular weight excluding hydrogens is 466 g/mol. The van der Waals surface area contributed by atoms with E-state index in [0.29, 0.717) is 16.8 Å². The summed E-state index contributed by atoms with van der Waals surface area (Å²) in [5.41, 5.74) is 5.01. The highest BCUT2D eigenvalue weighted by Crippen LogP contribution is 2.39. The van der Waals surface area contributed by atoms with Crippen LogP contribution in [-0.4, -0.2) is 34.5 Å². The van der Waals surface area contributed by atoms with Gasteiger partial charge in [0.15, 0.2) is 5.78 Å². The fourth-order valence-corrected chi connectivity index (χ4v) is 4.73. The number of nitrogens with one attached hydrogen (secondary N) is 1. The normalized spacial score (nSPS) is 12.9. The summed E-state index contributed by atoms with van der Waals surface area (Å²) < 4.78 is 7.20. The van der Waals surface area contributed by atoms with Crippen molar-refractivity contribution in [3.63, 3.8) is 0 Å². The van der Waals surface area contributed by atoms with Crippen molar-refractivity contribution in [1.82, 2.24) is 9.55 Å². The first-order chi connectivity index (χ1) is 17.9. The standard InChI is InChI=1S/C30H29N3O4/c1-4-37-30(36)25-17-33(22-10-11-22)27-19(3)23(12-13-24(27)28(25)35)21-14-18(2)29(31-15-21)32-16-26(34)20-8-6-5-7-9-20/h5-9,12-15,17,22H,4,10-11,16H2,1-3H3,(H,31,32). The molecule has 0 unspecified atom stereocenters. The van der Waals surface area contributed by atoms with Gasteiger partial charge in [-0.3, -0.25) is 9.59 Å². The maximum Gasteiger partial charge on any atom is 0.343 e. The van der Waals surface area contributed by atoms with Crippen LogP contribution in [0.2, 0.25) is 0 Å². The molecule has 1 fully saturated rings. The van der Waals surface area contributed by atoms with Crippen molar-refractivity contribution in [2.75, 3.05) is 18.5 Å². The molecule has 4 aromatic rings. The van der Waals surface area contributed by atoms with Crippen LogP contribution in [0.3, 0.4) is 0 Å². The van der Waals surface area contributed by atoms with E-state index in [9.17, 15) is 14.4 Å². The zero-order valence-electron chi connectivity index (χ0n) is 21.2. The van der Waals surface area contributed by atoms with E-state index in [1.807, 2.05) is 44.2 Å². The Morgan fingerprint density at radius 1 is 1.11 bits per heavy atom. The zero-order valence-corrected chi connectivity index (χ0v) is 21.2. The fourth-order valence-electron chi connectivity index (χ4n) is 4.73. The van der Waals surface area contributed by atoms with Gasteiger partial charge in [0.05, 0.1) is 18.7 Å². The number of aryl methyl sites for hydroxylation is 2. The summed E-state index contributed by atoms with van der Waals surface area (Å²) in [6, 6.07) is 15.2. The number of ether oxygens (including phenoxy) is 1. The Labute approximate surface area is 215 Å². The van der Waals surface area contributed by atoms with Crippen LogP contribution in [0.25, 0.3) is 22.0 Å². The maximum atomic E-state index is 13.2. The highest BCUT2D eigenvalue weighted by molar-refractivity contribution is 5.99. The molecule has 0 amide bonds. The first-order valence-electron chi connectivity index (χ1n) is 12.5. The van der Waals surface area contributed by atoms with Gasteiger partial charge in [-0.15, -0.1) is 0 Å². The smallest absolute Gasteiger partial charge is 0.343 e. The van der Waals surface area contributed by atoms with Gasteiger partial charge in [0.25, 0.3) is 0 Å². The molecular formula is C30H29N3O4. The quantitative estimate of drug-likeness (QED) is 0.257. The Balaban J connectivity index is 1.49. The molecule has 0 radical (unpaired) electrons. The Kier molecular flexibility index (Phi) is 6.61. The van der Waals surface area contributed by atoms with Crippen molar-refractivity contribution in [2.24, 2.45) is 0 Å². The number of carbonyl (C=O) groups excluding carboxylic acids is 2. The summed E-state index contributed by atoms with van der Waals surface area (Å²) in [4.78, 5) is 42.7. The highest BCUT2D eigenvalue weighted by Gasteiger charge is 2.28. The van der Waals surface area contributed by atoms with Crippen molar-refractivity contribution in [1.29, 1.82) is 0 Å². The van der Waals surface area contributed by atoms with Crippen LogP contribution in [0.5, 0.6) is 0 Å². The third-order valence-corrected chi connectivity index (χ3v) is 6.78. The van der Waals surface area contributed by atoms with Crippen molar-refractivity contribution < 1.29 is 14.3 Å². The summed E-state index contributed by atoms with van der Waals surface area (Å²) >= 11 is 0. The molecule has 0 atom stereocenters. The minimum Gasteiger partial charge on any atom is -0.462 e. The second kappa shape index (κ2) is 10.0. The second-order valence-electron chi connectivity index (χ2n) is 9.40. The van der Waals surface area contributed by atoms with Gasteiger partial charge in [0.2, 0.25) is 5.43 Å². The number of pyridine rings is 2. The SMILES string of the molecule is CCOC(=O)c1cn(C2CC2)c2c(C)c(-c3cnc(NCC(=O)c4ccccc4)c(C)c3)ccc2c1=O. The number of hydrogen-bond acceptors (Lipinski definition) is 6. The van der Waals surface area contributed by atoms with Crippen molar-refractivity contribution in [2.45, 2.75) is 39.7 Å². The molecule has 2 heterocycles. The maximum absolute atomic E-state index is 13.2. The van der Waals surface area contributed by atoms with Gasteiger partial charge < -0.3 is 14.6 Å². The summed E-state index contributed by atoms with van der Waals surface area (Å²) in [5, 5.41) is 3.67. The number of fused-ring (bicyclic) bond motifs is 1. The van der Waals surface area contributed by atoms with Gasteiger partial charge in [-0.05, 0) is 62.4 Å². The minimum absolute atomic E-state index is 0.00325. The number of aromatic nitrogens is 2. The molecule has 1 saturated carbocycles. The number of carbonyl (C=O) groups is 2. The Bertz CT molecular complexity index is 1570. The summed E-state index contributed by atoms with van der Waals surface area (Å²) in [5.74, 6) is 0.0658. The molecule has 1 aliphatic rings. The molecule has 188 valence electrons. The van der Waals surface area contributed by atoms with Crippen molar-refractivity contribution in [3.05, 3.63) is 93.4 Å². The molecule has 5 rings (SSSR count). The summed E-state index contributed by atoms with van der Waals surface area (Å²) in [6.45, 7) is 6.05. The fraction of sp³-hybridized carbons (Fsp3) is 0.267. The van der Waals surface area contributed by atoms with Crippen LogP contribution < -0.4 is 10.7 Å². The number of ketones is 1. The van der Waals surface area contributed by atoms with Gasteiger partial charge in [-0.2, -0.15) is 0 Å². The number of rotatable bonds is 8. The number of Topliss-reactive ketones (excluding diaryl/α,β-unsaturated/α-hetero) is 1. The lowest BCUT2D eigenvalue weighted by Gasteiger charge is -2.17. The van der Waals surface area contributed by atoms with Gasteiger partial charge >= 0.3 is 5.97 Å². The predicted molar refractivity (Wildman–Crippen MR) is 144 cm³/mol. The largest absolute Gasteiger partial charge is 0.462 e. The first-order valence-corrected chi connectivity index (χ1v) is 12.5. The van der Waals surface area contributed by atoms with E-state index in [1.165, 1.54) is 0 Å². The van der Waals surface area contributed by atoms with Crippen LogP contribution in [0.1, 0.15) is 57.7 Å². The van der Waals surface area contributed by atoms with E-state index in [4.69, 9.17) is 4.74 Å². The topological polar surface area (TPSA) is 90.3 Å². The molecule has 7 nitrogen and oxygen atoms in total. The molecule has 2 aromatic carbocycles. The predicted octanol–water partition coefficient (Wildman–Crippen LogP) is 5.49. The lowest BCUT2D eigenvalue weighted by atomic mass is 9.96. The van der Waals surface area contributed by atoms with Crippen LogP contribution >= 0.6 is 0 Å². The molecule has 37 heavy (non-hydrogen) atoms. The Morgan fingerprint density at radius 3 is 2.54 bits per heavy atom. The average molecular weight is 496 g/mol. The number of anilines is 1. The monoisotopic (exact) mass is 495 g/mol. The number of nitrogens with zero attached hydrogens (tertiary/aromatic N) is 2. The average Bonchev–Trinajstić information content (AvgIpc) is 3.74. The van der Waals surface area contributed by atoms with E-state index >= 15 is 0 Å². The van der Waals surface area contributed by atoms with Crippen LogP contribution in [0.4, 0.5) is 5.82 Å². The minimum atomic E-state index is -0.584. The molecule has 0 bridgehead atoms. The first kappa shape index (κ1) is 24.4. The van der Waals surface area contributed by atoms with Crippen LogP contribution in [-0.2, 0) is 4.74 Å². The van der Waals surface area contributed by atoms with E-state index in [2.05, 4.69) is 14.9 Å². The van der Waals surface area contributed by atoms with E-state index in [0.717, 1.165) is 40.6 Å². The van der Waals surface area contributed by atoms with Crippen molar-refractivity contribution in [3.8, 4) is 11.1 Å². The van der Waals surface area contributed by atoms with Crippen LogP contribution in [0, 0.1) is 13.8 Å². The molecule has 2 aromatic heterocycles.